The molecule has 0 spiro atoms. The number of ether oxygens (including phenoxy) is 1. The third-order valence-electron chi connectivity index (χ3n) is 5.65. The van der Waals surface area contributed by atoms with E-state index in [-0.39, 0.29) is 5.91 Å². The summed E-state index contributed by atoms with van der Waals surface area (Å²) < 4.78 is 5.76. The van der Waals surface area contributed by atoms with Crippen LogP contribution in [-0.4, -0.2) is 23.6 Å². The Labute approximate surface area is 168 Å². The van der Waals surface area contributed by atoms with Gasteiger partial charge in [0.1, 0.15) is 5.75 Å². The summed E-state index contributed by atoms with van der Waals surface area (Å²) in [6.45, 7) is 4.97. The topological polar surface area (TPSA) is 75.6 Å². The smallest absolute Gasteiger partial charge is 0.307 e. The maximum absolute atomic E-state index is 12.6. The summed E-state index contributed by atoms with van der Waals surface area (Å²) in [5.74, 6) is -0.971. The van der Waals surface area contributed by atoms with E-state index in [0.717, 1.165) is 18.6 Å². The highest BCUT2D eigenvalue weighted by molar-refractivity contribution is 5.95. The molecule has 0 bridgehead atoms. The van der Waals surface area contributed by atoms with Crippen LogP contribution in [0.15, 0.2) is 24.3 Å². The summed E-state index contributed by atoms with van der Waals surface area (Å²) in [7, 11) is 0. The zero-order valence-electron chi connectivity index (χ0n) is 17.3. The molecule has 1 aromatic carbocycles. The zero-order valence-corrected chi connectivity index (χ0v) is 17.3. The van der Waals surface area contributed by atoms with Crippen LogP contribution >= 0.6 is 0 Å². The third-order valence-corrected chi connectivity index (χ3v) is 5.65. The monoisotopic (exact) mass is 389 g/mol. The number of unbranched alkanes of at least 4 members (excludes halogenated alkanes) is 5. The molecule has 1 aromatic rings. The fourth-order valence-corrected chi connectivity index (χ4v) is 3.91. The third kappa shape index (κ3) is 7.17. The molecule has 0 radical (unpaired) electrons. The van der Waals surface area contributed by atoms with Gasteiger partial charge in [0.2, 0.25) is 5.91 Å². The second kappa shape index (κ2) is 11.7. The van der Waals surface area contributed by atoms with Crippen molar-refractivity contribution in [3.05, 3.63) is 24.3 Å². The Morgan fingerprint density at radius 3 is 2.39 bits per heavy atom. The molecule has 0 saturated heterocycles. The number of anilines is 1. The molecule has 3 atom stereocenters. The Morgan fingerprint density at radius 2 is 1.71 bits per heavy atom. The number of carboxylic acid groups (broad SMARTS) is 1. The maximum Gasteiger partial charge on any atom is 0.307 e. The van der Waals surface area contributed by atoms with E-state index >= 15 is 0 Å². The average molecular weight is 390 g/mol. The highest BCUT2D eigenvalue weighted by Crippen LogP contribution is 2.34. The van der Waals surface area contributed by atoms with Crippen molar-refractivity contribution in [2.75, 3.05) is 11.9 Å². The molecule has 1 aliphatic rings. The number of carbonyl (C=O) groups is 2. The Hall–Kier alpha value is -2.04. The zero-order chi connectivity index (χ0) is 20.4. The van der Waals surface area contributed by atoms with E-state index in [1.807, 2.05) is 31.2 Å². The van der Waals surface area contributed by atoms with Crippen molar-refractivity contribution in [3.63, 3.8) is 0 Å². The van der Waals surface area contributed by atoms with Crippen LogP contribution in [0, 0.1) is 17.8 Å². The molecule has 0 aromatic heterocycles. The van der Waals surface area contributed by atoms with Gasteiger partial charge in [-0.25, -0.2) is 0 Å². The van der Waals surface area contributed by atoms with Crippen molar-refractivity contribution < 1.29 is 19.4 Å². The predicted molar refractivity (Wildman–Crippen MR) is 112 cm³/mol. The molecular formula is C23H35NO4. The Balaban J connectivity index is 1.77. The van der Waals surface area contributed by atoms with E-state index in [0.29, 0.717) is 31.1 Å². The van der Waals surface area contributed by atoms with Gasteiger partial charge in [-0.1, -0.05) is 46.0 Å². The quantitative estimate of drug-likeness (QED) is 0.490. The Bertz CT molecular complexity index is 614. The lowest BCUT2D eigenvalue weighted by Crippen LogP contribution is -2.38. The summed E-state index contributed by atoms with van der Waals surface area (Å²) in [6.07, 6.45) is 9.47. The number of aliphatic carboxylic acids is 1. The Kier molecular flexibility index (Phi) is 9.32. The number of rotatable bonds is 11. The first kappa shape index (κ1) is 22.3. The molecule has 156 valence electrons. The van der Waals surface area contributed by atoms with Crippen LogP contribution < -0.4 is 10.1 Å². The van der Waals surface area contributed by atoms with E-state index < -0.39 is 17.8 Å². The number of hydrogen-bond donors (Lipinski definition) is 2. The van der Waals surface area contributed by atoms with Gasteiger partial charge in [-0.15, -0.1) is 0 Å². The highest BCUT2D eigenvalue weighted by atomic mass is 16.5. The van der Waals surface area contributed by atoms with E-state index in [1.54, 1.807) is 0 Å². The number of carbonyl (C=O) groups excluding carboxylic acids is 1. The van der Waals surface area contributed by atoms with Crippen molar-refractivity contribution in [3.8, 4) is 5.75 Å². The number of carboxylic acids is 1. The van der Waals surface area contributed by atoms with Crippen LogP contribution in [-0.2, 0) is 9.59 Å². The largest absolute Gasteiger partial charge is 0.494 e. The molecule has 2 rings (SSSR count). The van der Waals surface area contributed by atoms with Gasteiger partial charge in [-0.3, -0.25) is 9.59 Å². The summed E-state index contributed by atoms with van der Waals surface area (Å²) in [5.41, 5.74) is 0.680. The number of benzene rings is 1. The average Bonchev–Trinajstić information content (AvgIpc) is 2.68. The molecule has 1 fully saturated rings. The van der Waals surface area contributed by atoms with Crippen LogP contribution in [0.4, 0.5) is 5.69 Å². The van der Waals surface area contributed by atoms with Crippen molar-refractivity contribution in [2.45, 2.75) is 71.6 Å². The van der Waals surface area contributed by atoms with Gasteiger partial charge in [0.25, 0.3) is 0 Å². The first-order chi connectivity index (χ1) is 13.5. The summed E-state index contributed by atoms with van der Waals surface area (Å²) in [6, 6.07) is 7.33. The molecule has 28 heavy (non-hydrogen) atoms. The number of amides is 1. The van der Waals surface area contributed by atoms with E-state index in [1.165, 1.54) is 32.1 Å². The minimum atomic E-state index is -0.870. The molecule has 2 N–H and O–H groups in total. The molecule has 5 nitrogen and oxygen atoms in total. The molecule has 1 aliphatic carbocycles. The first-order valence-electron chi connectivity index (χ1n) is 10.8. The van der Waals surface area contributed by atoms with Crippen molar-refractivity contribution in [1.29, 1.82) is 0 Å². The lowest BCUT2D eigenvalue weighted by Gasteiger charge is -2.31. The SMILES string of the molecule is CCCCCCCCOc1ccc(NC(=O)C2CCC(C)CC2C(=O)O)cc1. The van der Waals surface area contributed by atoms with Crippen LogP contribution in [0.5, 0.6) is 5.75 Å². The lowest BCUT2D eigenvalue weighted by molar-refractivity contribution is -0.148. The van der Waals surface area contributed by atoms with Crippen molar-refractivity contribution in [1.82, 2.24) is 0 Å². The number of nitrogens with one attached hydrogen (secondary N) is 1. The normalized spacial score (nSPS) is 21.9. The van der Waals surface area contributed by atoms with Gasteiger partial charge in [-0.05, 0) is 55.9 Å². The first-order valence-corrected chi connectivity index (χ1v) is 10.8. The molecule has 5 heteroatoms. The molecular weight excluding hydrogens is 354 g/mol. The van der Waals surface area contributed by atoms with E-state index in [9.17, 15) is 14.7 Å². The maximum atomic E-state index is 12.6. The van der Waals surface area contributed by atoms with E-state index in [4.69, 9.17) is 4.74 Å². The van der Waals surface area contributed by atoms with Crippen LogP contribution in [0.25, 0.3) is 0 Å². The fourth-order valence-electron chi connectivity index (χ4n) is 3.91. The molecule has 0 aliphatic heterocycles. The molecule has 3 unspecified atom stereocenters. The van der Waals surface area contributed by atoms with Gasteiger partial charge in [0.15, 0.2) is 0 Å². The highest BCUT2D eigenvalue weighted by Gasteiger charge is 2.38. The van der Waals surface area contributed by atoms with Crippen LogP contribution in [0.1, 0.15) is 71.6 Å². The fraction of sp³-hybridized carbons (Fsp3) is 0.652. The molecule has 0 heterocycles. The Morgan fingerprint density at radius 1 is 1.04 bits per heavy atom. The van der Waals surface area contributed by atoms with Gasteiger partial charge in [-0.2, -0.15) is 0 Å². The molecule has 1 saturated carbocycles. The van der Waals surface area contributed by atoms with Crippen molar-refractivity contribution >= 4 is 17.6 Å². The lowest BCUT2D eigenvalue weighted by atomic mass is 9.74. The van der Waals surface area contributed by atoms with Gasteiger partial charge in [0.05, 0.1) is 18.4 Å². The second-order valence-electron chi connectivity index (χ2n) is 8.10. The van der Waals surface area contributed by atoms with Gasteiger partial charge in [0, 0.05) is 5.69 Å². The predicted octanol–water partition coefficient (Wildman–Crippen LogP) is 5.50. The van der Waals surface area contributed by atoms with Crippen LogP contribution in [0.3, 0.4) is 0 Å². The summed E-state index contributed by atoms with van der Waals surface area (Å²) in [5, 5.41) is 12.3. The van der Waals surface area contributed by atoms with Crippen molar-refractivity contribution in [2.24, 2.45) is 17.8 Å². The second-order valence-corrected chi connectivity index (χ2v) is 8.10. The van der Waals surface area contributed by atoms with Gasteiger partial charge < -0.3 is 15.2 Å². The minimum Gasteiger partial charge on any atom is -0.494 e. The summed E-state index contributed by atoms with van der Waals surface area (Å²) >= 11 is 0. The van der Waals surface area contributed by atoms with Gasteiger partial charge >= 0.3 is 5.97 Å². The van der Waals surface area contributed by atoms with E-state index in [2.05, 4.69) is 12.2 Å². The number of hydrogen-bond acceptors (Lipinski definition) is 3. The van der Waals surface area contributed by atoms with Crippen LogP contribution in [0.2, 0.25) is 0 Å². The minimum absolute atomic E-state index is 0.194. The molecule has 1 amide bonds. The summed E-state index contributed by atoms with van der Waals surface area (Å²) in [4.78, 5) is 24.1. The standard InChI is InChI=1S/C23H35NO4/c1-3-4-5-6-7-8-15-28-19-12-10-18(11-13-19)24-22(25)20-14-9-17(2)16-21(20)23(26)27/h10-13,17,20-21H,3-9,14-16H2,1-2H3,(H,24,25)(H,26,27).